The van der Waals surface area contributed by atoms with Crippen LogP contribution in [-0.2, 0) is 5.41 Å². The van der Waals surface area contributed by atoms with E-state index >= 15 is 0 Å². The van der Waals surface area contributed by atoms with Crippen molar-refractivity contribution in [2.75, 3.05) is 13.1 Å². The minimum absolute atomic E-state index is 0.0133. The molecule has 1 atom stereocenters. The Morgan fingerprint density at radius 2 is 2.37 bits per heavy atom. The van der Waals surface area contributed by atoms with Crippen LogP contribution in [0.3, 0.4) is 0 Å². The molecule has 100 valence electrons. The van der Waals surface area contributed by atoms with Crippen molar-refractivity contribution in [3.05, 3.63) is 28.7 Å². The monoisotopic (exact) mass is 322 g/mol. The van der Waals surface area contributed by atoms with Gasteiger partial charge in [0.15, 0.2) is 0 Å². The number of pyridine rings is 1. The van der Waals surface area contributed by atoms with Crippen LogP contribution >= 0.6 is 15.9 Å². The smallest absolute Gasteiger partial charge is 0.234 e. The van der Waals surface area contributed by atoms with Crippen molar-refractivity contribution < 1.29 is 4.52 Å². The van der Waals surface area contributed by atoms with E-state index in [9.17, 15) is 0 Å². The minimum Gasteiger partial charge on any atom is -0.338 e. The summed E-state index contributed by atoms with van der Waals surface area (Å²) in [4.78, 5) is 8.83. The third kappa shape index (κ3) is 2.30. The fourth-order valence-corrected chi connectivity index (χ4v) is 2.66. The maximum Gasteiger partial charge on any atom is 0.234 e. The van der Waals surface area contributed by atoms with Gasteiger partial charge in [0, 0.05) is 17.2 Å². The summed E-state index contributed by atoms with van der Waals surface area (Å²) in [7, 11) is 0. The quantitative estimate of drug-likeness (QED) is 0.940. The Morgan fingerprint density at radius 1 is 1.47 bits per heavy atom. The summed E-state index contributed by atoms with van der Waals surface area (Å²) >= 11 is 3.36. The molecule has 1 saturated heterocycles. The summed E-state index contributed by atoms with van der Waals surface area (Å²) < 4.78 is 6.41. The van der Waals surface area contributed by atoms with Crippen molar-refractivity contribution in [1.29, 1.82) is 0 Å². The average molecular weight is 323 g/mol. The van der Waals surface area contributed by atoms with Gasteiger partial charge < -0.3 is 9.84 Å². The molecular weight excluding hydrogens is 308 g/mol. The van der Waals surface area contributed by atoms with Crippen molar-refractivity contribution in [3.63, 3.8) is 0 Å². The second kappa shape index (κ2) is 5.02. The van der Waals surface area contributed by atoms with E-state index in [1.54, 1.807) is 6.20 Å². The van der Waals surface area contributed by atoms with E-state index in [1.165, 1.54) is 0 Å². The lowest BCUT2D eigenvalue weighted by molar-refractivity contribution is 0.285. The van der Waals surface area contributed by atoms with E-state index in [0.717, 1.165) is 42.0 Å². The zero-order valence-electron chi connectivity index (χ0n) is 10.7. The van der Waals surface area contributed by atoms with Gasteiger partial charge in [-0.25, -0.2) is 0 Å². The molecule has 1 unspecified atom stereocenters. The average Bonchev–Trinajstić information content (AvgIpc) is 3.09. The molecule has 0 aliphatic carbocycles. The molecule has 3 rings (SSSR count). The first-order chi connectivity index (χ1) is 9.23. The van der Waals surface area contributed by atoms with Crippen LogP contribution in [0.4, 0.5) is 0 Å². The van der Waals surface area contributed by atoms with Crippen LogP contribution in [0.15, 0.2) is 27.3 Å². The number of nitrogens with one attached hydrogen (secondary N) is 1. The van der Waals surface area contributed by atoms with Crippen molar-refractivity contribution in [3.8, 4) is 11.5 Å². The number of hydrogen-bond acceptors (Lipinski definition) is 5. The Morgan fingerprint density at radius 3 is 3.00 bits per heavy atom. The highest BCUT2D eigenvalue weighted by molar-refractivity contribution is 9.10. The molecule has 1 fully saturated rings. The molecule has 6 heteroatoms. The third-order valence-electron chi connectivity index (χ3n) is 3.76. The predicted octanol–water partition coefficient (Wildman–Crippen LogP) is 2.54. The van der Waals surface area contributed by atoms with Crippen LogP contribution in [0.25, 0.3) is 11.5 Å². The summed E-state index contributed by atoms with van der Waals surface area (Å²) in [5.41, 5.74) is 0.719. The fraction of sp³-hybridized carbons (Fsp3) is 0.462. The third-order valence-corrected chi connectivity index (χ3v) is 4.23. The number of halogens is 1. The molecule has 1 aliphatic heterocycles. The lowest BCUT2D eigenvalue weighted by atomic mass is 9.84. The Kier molecular flexibility index (Phi) is 3.36. The lowest BCUT2D eigenvalue weighted by Crippen LogP contribution is -2.28. The number of rotatable bonds is 3. The molecule has 1 aliphatic rings. The standard InChI is InChI=1S/C13H15BrN4O/c1-2-13(5-6-15-8-13)12-17-11(18-19-12)10-4-3-9(14)7-16-10/h3-4,7,15H,2,5-6,8H2,1H3. The van der Waals surface area contributed by atoms with Gasteiger partial charge in [-0.15, -0.1) is 0 Å². The summed E-state index contributed by atoms with van der Waals surface area (Å²) in [6, 6.07) is 3.80. The van der Waals surface area contributed by atoms with Gasteiger partial charge in [0.05, 0.1) is 5.41 Å². The van der Waals surface area contributed by atoms with Crippen LogP contribution in [-0.4, -0.2) is 28.2 Å². The summed E-state index contributed by atoms with van der Waals surface area (Å²) in [6.45, 7) is 4.07. The Bertz CT molecular complexity index is 560. The lowest BCUT2D eigenvalue weighted by Gasteiger charge is -2.20. The van der Waals surface area contributed by atoms with Gasteiger partial charge in [-0.05, 0) is 47.4 Å². The summed E-state index contributed by atoms with van der Waals surface area (Å²) in [5.74, 6) is 1.28. The molecule has 5 nitrogen and oxygen atoms in total. The molecule has 19 heavy (non-hydrogen) atoms. The maximum atomic E-state index is 5.47. The van der Waals surface area contributed by atoms with Gasteiger partial charge >= 0.3 is 0 Å². The van der Waals surface area contributed by atoms with Crippen LogP contribution < -0.4 is 5.32 Å². The first-order valence-corrected chi connectivity index (χ1v) is 7.20. The van der Waals surface area contributed by atoms with Gasteiger partial charge in [-0.1, -0.05) is 12.1 Å². The Hall–Kier alpha value is -1.27. The van der Waals surface area contributed by atoms with E-state index in [-0.39, 0.29) is 5.41 Å². The van der Waals surface area contributed by atoms with Gasteiger partial charge in [0.2, 0.25) is 11.7 Å². The van der Waals surface area contributed by atoms with Gasteiger partial charge in [-0.3, -0.25) is 4.98 Å². The zero-order chi connectivity index (χ0) is 13.3. The minimum atomic E-state index is -0.0133. The van der Waals surface area contributed by atoms with Crippen molar-refractivity contribution in [2.24, 2.45) is 0 Å². The van der Waals surface area contributed by atoms with Crippen LogP contribution in [0.2, 0.25) is 0 Å². The van der Waals surface area contributed by atoms with Gasteiger partial charge in [0.1, 0.15) is 5.69 Å². The van der Waals surface area contributed by atoms with E-state index in [0.29, 0.717) is 5.82 Å². The van der Waals surface area contributed by atoms with Crippen LogP contribution in [0, 0.1) is 0 Å². The van der Waals surface area contributed by atoms with E-state index in [4.69, 9.17) is 4.52 Å². The molecule has 0 bridgehead atoms. The largest absolute Gasteiger partial charge is 0.338 e. The highest BCUT2D eigenvalue weighted by atomic mass is 79.9. The SMILES string of the molecule is CCC1(c2nc(-c3ccc(Br)cn3)no2)CCNC1. The zero-order valence-corrected chi connectivity index (χ0v) is 12.3. The molecule has 0 radical (unpaired) electrons. The molecule has 3 heterocycles. The van der Waals surface area contributed by atoms with Crippen molar-refractivity contribution >= 4 is 15.9 Å². The van der Waals surface area contributed by atoms with E-state index in [2.05, 4.69) is 43.3 Å². The molecule has 0 spiro atoms. The topological polar surface area (TPSA) is 63.8 Å². The number of hydrogen-bond donors (Lipinski definition) is 1. The maximum absolute atomic E-state index is 5.47. The molecule has 0 amide bonds. The highest BCUT2D eigenvalue weighted by Gasteiger charge is 2.39. The molecule has 2 aromatic heterocycles. The van der Waals surface area contributed by atoms with Crippen LogP contribution in [0.5, 0.6) is 0 Å². The van der Waals surface area contributed by atoms with Gasteiger partial charge in [0.25, 0.3) is 0 Å². The number of aromatic nitrogens is 3. The Balaban J connectivity index is 1.92. The van der Waals surface area contributed by atoms with Crippen LogP contribution in [0.1, 0.15) is 25.7 Å². The van der Waals surface area contributed by atoms with Crippen molar-refractivity contribution in [2.45, 2.75) is 25.2 Å². The first kappa shape index (κ1) is 12.7. The predicted molar refractivity (Wildman–Crippen MR) is 74.7 cm³/mol. The molecule has 1 N–H and O–H groups in total. The summed E-state index contributed by atoms with van der Waals surface area (Å²) in [5, 5.41) is 7.43. The molecule has 0 saturated carbocycles. The van der Waals surface area contributed by atoms with Gasteiger partial charge in [-0.2, -0.15) is 4.98 Å². The molecule has 2 aromatic rings. The van der Waals surface area contributed by atoms with E-state index in [1.807, 2.05) is 12.1 Å². The second-order valence-electron chi connectivity index (χ2n) is 4.85. The van der Waals surface area contributed by atoms with Crippen molar-refractivity contribution in [1.82, 2.24) is 20.4 Å². The highest BCUT2D eigenvalue weighted by Crippen LogP contribution is 2.33. The molecule has 0 aromatic carbocycles. The summed E-state index contributed by atoms with van der Waals surface area (Å²) in [6.07, 6.45) is 3.77. The van der Waals surface area contributed by atoms with E-state index < -0.39 is 0 Å². The number of nitrogens with zero attached hydrogens (tertiary/aromatic N) is 3. The Labute approximate surface area is 119 Å². The fourth-order valence-electron chi connectivity index (χ4n) is 2.43. The normalized spacial score (nSPS) is 22.8. The molecular formula is C13H15BrN4O. The first-order valence-electron chi connectivity index (χ1n) is 6.40. The second-order valence-corrected chi connectivity index (χ2v) is 5.76.